The zero-order valence-corrected chi connectivity index (χ0v) is 10.3. The molecule has 1 amide bonds. The Hall–Kier alpha value is -1.94. The van der Waals surface area contributed by atoms with Crippen molar-refractivity contribution in [2.75, 3.05) is 5.32 Å². The van der Waals surface area contributed by atoms with Crippen LogP contribution in [0.3, 0.4) is 0 Å². The molecular formula is C13H10ClFN2O. The number of pyridine rings is 1. The van der Waals surface area contributed by atoms with E-state index in [4.69, 9.17) is 11.6 Å². The van der Waals surface area contributed by atoms with E-state index in [1.165, 1.54) is 18.3 Å². The van der Waals surface area contributed by atoms with Gasteiger partial charge in [0.25, 0.3) is 5.91 Å². The molecule has 0 saturated heterocycles. The maximum absolute atomic E-state index is 13.6. The molecule has 0 aliphatic rings. The van der Waals surface area contributed by atoms with Crippen LogP contribution in [0.5, 0.6) is 0 Å². The van der Waals surface area contributed by atoms with E-state index < -0.39 is 11.7 Å². The van der Waals surface area contributed by atoms with Gasteiger partial charge in [-0.1, -0.05) is 17.7 Å². The van der Waals surface area contributed by atoms with Gasteiger partial charge in [-0.25, -0.2) is 4.39 Å². The number of nitrogens with zero attached hydrogens (tertiary/aromatic N) is 1. The van der Waals surface area contributed by atoms with Crippen LogP contribution in [0.25, 0.3) is 0 Å². The molecule has 2 rings (SSSR count). The quantitative estimate of drug-likeness (QED) is 0.903. The number of carbonyl (C=O) groups excluding carboxylic acids is 1. The Balaban J connectivity index is 2.21. The number of hydrogen-bond donors (Lipinski definition) is 1. The maximum atomic E-state index is 13.6. The van der Waals surface area contributed by atoms with Gasteiger partial charge < -0.3 is 5.32 Å². The summed E-state index contributed by atoms with van der Waals surface area (Å²) < 4.78 is 13.6. The molecule has 0 spiro atoms. The summed E-state index contributed by atoms with van der Waals surface area (Å²) in [5, 5.41) is 2.42. The van der Waals surface area contributed by atoms with E-state index in [-0.39, 0.29) is 10.7 Å². The molecular weight excluding hydrogens is 255 g/mol. The summed E-state index contributed by atoms with van der Waals surface area (Å²) in [5.41, 5.74) is 1.22. The van der Waals surface area contributed by atoms with Crippen molar-refractivity contribution in [1.29, 1.82) is 0 Å². The van der Waals surface area contributed by atoms with Crippen molar-refractivity contribution < 1.29 is 9.18 Å². The lowest BCUT2D eigenvalue weighted by Crippen LogP contribution is -2.13. The molecule has 1 aromatic heterocycles. The van der Waals surface area contributed by atoms with Crippen LogP contribution >= 0.6 is 11.6 Å². The number of nitrogens with one attached hydrogen (secondary N) is 1. The molecule has 0 atom stereocenters. The van der Waals surface area contributed by atoms with Crippen molar-refractivity contribution in [2.45, 2.75) is 6.92 Å². The van der Waals surface area contributed by atoms with E-state index in [9.17, 15) is 9.18 Å². The maximum Gasteiger partial charge on any atom is 0.257 e. The first kappa shape index (κ1) is 12.5. The molecule has 0 fully saturated rings. The topological polar surface area (TPSA) is 42.0 Å². The number of amides is 1. The van der Waals surface area contributed by atoms with E-state index in [0.717, 1.165) is 5.69 Å². The van der Waals surface area contributed by atoms with Gasteiger partial charge in [0.15, 0.2) is 5.82 Å². The zero-order valence-electron chi connectivity index (χ0n) is 9.58. The molecule has 0 radical (unpaired) electrons. The minimum Gasteiger partial charge on any atom is -0.319 e. The SMILES string of the molecule is Cc1ccc(C(=O)Nc2cccc(Cl)c2F)cn1. The van der Waals surface area contributed by atoms with Gasteiger partial charge in [-0.3, -0.25) is 9.78 Å². The Morgan fingerprint density at radius 1 is 1.33 bits per heavy atom. The van der Waals surface area contributed by atoms with Crippen molar-refractivity contribution in [3.05, 3.63) is 58.6 Å². The van der Waals surface area contributed by atoms with Crippen molar-refractivity contribution in [2.24, 2.45) is 0 Å². The van der Waals surface area contributed by atoms with E-state index in [1.807, 2.05) is 6.92 Å². The summed E-state index contributed by atoms with van der Waals surface area (Å²) in [4.78, 5) is 15.8. The van der Waals surface area contributed by atoms with Gasteiger partial charge in [0, 0.05) is 11.9 Å². The molecule has 0 aliphatic carbocycles. The van der Waals surface area contributed by atoms with E-state index in [1.54, 1.807) is 18.2 Å². The van der Waals surface area contributed by atoms with Crippen LogP contribution in [0.1, 0.15) is 16.1 Å². The van der Waals surface area contributed by atoms with E-state index in [2.05, 4.69) is 10.3 Å². The average Bonchev–Trinajstić information content (AvgIpc) is 2.36. The minimum atomic E-state index is -0.646. The number of carbonyl (C=O) groups is 1. The summed E-state index contributed by atoms with van der Waals surface area (Å²) in [5.74, 6) is -1.07. The van der Waals surface area contributed by atoms with Gasteiger partial charge in [-0.2, -0.15) is 0 Å². The van der Waals surface area contributed by atoms with Crippen LogP contribution in [0.15, 0.2) is 36.5 Å². The summed E-state index contributed by atoms with van der Waals surface area (Å²) in [7, 11) is 0. The van der Waals surface area contributed by atoms with E-state index >= 15 is 0 Å². The van der Waals surface area contributed by atoms with Crippen molar-refractivity contribution >= 4 is 23.2 Å². The average molecular weight is 265 g/mol. The predicted octanol–water partition coefficient (Wildman–Crippen LogP) is 3.43. The first-order chi connectivity index (χ1) is 8.58. The van der Waals surface area contributed by atoms with Crippen LogP contribution in [-0.2, 0) is 0 Å². The van der Waals surface area contributed by atoms with Crippen molar-refractivity contribution in [1.82, 2.24) is 4.98 Å². The van der Waals surface area contributed by atoms with Crippen molar-refractivity contribution in [3.63, 3.8) is 0 Å². The molecule has 92 valence electrons. The summed E-state index contributed by atoms with van der Waals surface area (Å²) in [6, 6.07) is 7.76. The third-order valence-corrected chi connectivity index (χ3v) is 2.67. The normalized spacial score (nSPS) is 10.2. The lowest BCUT2D eigenvalue weighted by molar-refractivity contribution is 0.102. The highest BCUT2D eigenvalue weighted by atomic mass is 35.5. The van der Waals surface area contributed by atoms with Gasteiger partial charge in [0.2, 0.25) is 0 Å². The number of anilines is 1. The van der Waals surface area contributed by atoms with Gasteiger partial charge >= 0.3 is 0 Å². The fourth-order valence-electron chi connectivity index (χ4n) is 1.40. The Morgan fingerprint density at radius 2 is 2.11 bits per heavy atom. The number of halogens is 2. The number of rotatable bonds is 2. The molecule has 1 heterocycles. The molecule has 5 heteroatoms. The molecule has 18 heavy (non-hydrogen) atoms. The molecule has 2 aromatic rings. The van der Waals surface area contributed by atoms with Crippen LogP contribution in [0.2, 0.25) is 5.02 Å². The van der Waals surface area contributed by atoms with E-state index in [0.29, 0.717) is 5.56 Å². The number of benzene rings is 1. The van der Waals surface area contributed by atoms with Gasteiger partial charge in [-0.05, 0) is 31.2 Å². The fraction of sp³-hybridized carbons (Fsp3) is 0.0769. The van der Waals surface area contributed by atoms with Crippen LogP contribution < -0.4 is 5.32 Å². The monoisotopic (exact) mass is 264 g/mol. The molecule has 0 aliphatic heterocycles. The molecule has 1 N–H and O–H groups in total. The van der Waals surface area contributed by atoms with Crippen molar-refractivity contribution in [3.8, 4) is 0 Å². The minimum absolute atomic E-state index is 0.0326. The third kappa shape index (κ3) is 2.65. The first-order valence-corrected chi connectivity index (χ1v) is 5.64. The van der Waals surface area contributed by atoms with Crippen LogP contribution in [0.4, 0.5) is 10.1 Å². The second kappa shape index (κ2) is 5.14. The summed E-state index contributed by atoms with van der Waals surface area (Å²) in [6.45, 7) is 1.82. The lowest BCUT2D eigenvalue weighted by atomic mass is 10.2. The molecule has 3 nitrogen and oxygen atoms in total. The first-order valence-electron chi connectivity index (χ1n) is 5.26. The molecule has 0 unspecified atom stereocenters. The third-order valence-electron chi connectivity index (χ3n) is 2.37. The van der Waals surface area contributed by atoms with Gasteiger partial charge in [-0.15, -0.1) is 0 Å². The van der Waals surface area contributed by atoms with Crippen LogP contribution in [0, 0.1) is 12.7 Å². The fourth-order valence-corrected chi connectivity index (χ4v) is 1.57. The standard InChI is InChI=1S/C13H10ClFN2O/c1-8-5-6-9(7-16-8)13(18)17-11-4-2-3-10(14)12(11)15/h2-7H,1H3,(H,17,18). The Bertz CT molecular complexity index is 584. The highest BCUT2D eigenvalue weighted by Gasteiger charge is 2.11. The second-order valence-electron chi connectivity index (χ2n) is 3.74. The Morgan fingerprint density at radius 3 is 2.78 bits per heavy atom. The number of aromatic nitrogens is 1. The Labute approximate surface area is 109 Å². The molecule has 0 saturated carbocycles. The summed E-state index contributed by atoms with van der Waals surface area (Å²) in [6.07, 6.45) is 1.44. The largest absolute Gasteiger partial charge is 0.319 e. The zero-order chi connectivity index (χ0) is 13.1. The summed E-state index contributed by atoms with van der Waals surface area (Å²) >= 11 is 5.63. The smallest absolute Gasteiger partial charge is 0.257 e. The second-order valence-corrected chi connectivity index (χ2v) is 4.15. The Kier molecular flexibility index (Phi) is 3.58. The number of aryl methyl sites for hydroxylation is 1. The number of hydrogen-bond acceptors (Lipinski definition) is 2. The highest BCUT2D eigenvalue weighted by Crippen LogP contribution is 2.22. The van der Waals surface area contributed by atoms with Gasteiger partial charge in [0.1, 0.15) is 0 Å². The van der Waals surface area contributed by atoms with Gasteiger partial charge in [0.05, 0.1) is 16.3 Å². The molecule has 1 aromatic carbocycles. The van der Waals surface area contributed by atoms with Crippen LogP contribution in [-0.4, -0.2) is 10.9 Å². The lowest BCUT2D eigenvalue weighted by Gasteiger charge is -2.07. The highest BCUT2D eigenvalue weighted by molar-refractivity contribution is 6.31. The predicted molar refractivity (Wildman–Crippen MR) is 68.3 cm³/mol. The molecule has 0 bridgehead atoms.